The zero-order valence-corrected chi connectivity index (χ0v) is 12.2. The lowest BCUT2D eigenvalue weighted by Gasteiger charge is -2.31. The number of esters is 1. The summed E-state index contributed by atoms with van der Waals surface area (Å²) in [5.74, 6) is -0.798. The van der Waals surface area contributed by atoms with Crippen LogP contribution in [-0.4, -0.2) is 44.9 Å². The fourth-order valence-corrected chi connectivity index (χ4v) is 2.40. The molecular weight excluding hydrogens is 275 g/mol. The molecule has 1 heterocycles. The fraction of sp³-hybridized carbons (Fsp3) is 0.533. The van der Waals surface area contributed by atoms with E-state index >= 15 is 0 Å². The van der Waals surface area contributed by atoms with Gasteiger partial charge in [0.1, 0.15) is 11.9 Å². The topological polar surface area (TPSA) is 64.8 Å². The number of anilines is 1. The summed E-state index contributed by atoms with van der Waals surface area (Å²) in [7, 11) is 0. The van der Waals surface area contributed by atoms with E-state index in [2.05, 4.69) is 4.90 Å². The quantitative estimate of drug-likeness (QED) is 0.824. The Bertz CT molecular complexity index is 490. The van der Waals surface area contributed by atoms with E-state index < -0.39 is 12.0 Å². The van der Waals surface area contributed by atoms with Crippen LogP contribution in [0.5, 0.6) is 0 Å². The number of rotatable bonds is 5. The van der Waals surface area contributed by atoms with Crippen molar-refractivity contribution in [2.75, 3.05) is 37.8 Å². The molecule has 2 rings (SSSR count). The number of nitrogens with zero attached hydrogens (tertiary/aromatic N) is 1. The predicted molar refractivity (Wildman–Crippen MR) is 77.7 cm³/mol. The average molecular weight is 296 g/mol. The van der Waals surface area contributed by atoms with Crippen LogP contribution in [0, 0.1) is 5.82 Å². The molecule has 6 heteroatoms. The Balaban J connectivity index is 2.16. The van der Waals surface area contributed by atoms with Crippen LogP contribution in [0.3, 0.4) is 0 Å². The van der Waals surface area contributed by atoms with Crippen molar-refractivity contribution in [1.29, 1.82) is 0 Å². The molecule has 1 atom stereocenters. The molecule has 1 fully saturated rings. The lowest BCUT2D eigenvalue weighted by molar-refractivity contribution is -0.144. The summed E-state index contributed by atoms with van der Waals surface area (Å²) in [6, 6.07) is 3.80. The molecular formula is C15H21FN2O3. The Kier molecular flexibility index (Phi) is 5.52. The van der Waals surface area contributed by atoms with Gasteiger partial charge in [0.05, 0.1) is 19.8 Å². The van der Waals surface area contributed by atoms with Gasteiger partial charge >= 0.3 is 5.97 Å². The van der Waals surface area contributed by atoms with Crippen molar-refractivity contribution in [3.8, 4) is 0 Å². The second-order valence-corrected chi connectivity index (χ2v) is 4.94. The van der Waals surface area contributed by atoms with E-state index in [4.69, 9.17) is 15.2 Å². The molecule has 1 aromatic carbocycles. The van der Waals surface area contributed by atoms with Gasteiger partial charge in [0.2, 0.25) is 0 Å². The van der Waals surface area contributed by atoms with Crippen molar-refractivity contribution in [3.63, 3.8) is 0 Å². The van der Waals surface area contributed by atoms with Crippen LogP contribution in [0.4, 0.5) is 10.1 Å². The van der Waals surface area contributed by atoms with Gasteiger partial charge in [-0.2, -0.15) is 0 Å². The number of benzene rings is 1. The summed E-state index contributed by atoms with van der Waals surface area (Å²) in [6.45, 7) is 4.78. The molecule has 2 N–H and O–H groups in total. The molecule has 1 aliphatic rings. The van der Waals surface area contributed by atoms with Gasteiger partial charge < -0.3 is 20.1 Å². The summed E-state index contributed by atoms with van der Waals surface area (Å²) in [4.78, 5) is 13.8. The van der Waals surface area contributed by atoms with Crippen molar-refractivity contribution in [2.45, 2.75) is 19.4 Å². The minimum Gasteiger partial charge on any atom is -0.465 e. The molecule has 0 spiro atoms. The second-order valence-electron chi connectivity index (χ2n) is 4.94. The van der Waals surface area contributed by atoms with Gasteiger partial charge in [-0.15, -0.1) is 0 Å². The van der Waals surface area contributed by atoms with E-state index in [1.807, 2.05) is 0 Å². The second kappa shape index (κ2) is 7.38. The van der Waals surface area contributed by atoms with Gasteiger partial charge in [0.15, 0.2) is 0 Å². The standard InChI is InChI=1S/C15H21FN2O3/c1-2-21-15(19)13(17)10-11-9-12(16)3-4-14(11)18-5-7-20-8-6-18/h3-4,9,13H,2,5-8,10,17H2,1H3. The van der Waals surface area contributed by atoms with Gasteiger partial charge in [-0.25, -0.2) is 4.39 Å². The normalized spacial score (nSPS) is 16.6. The van der Waals surface area contributed by atoms with Crippen molar-refractivity contribution in [1.82, 2.24) is 0 Å². The molecule has 116 valence electrons. The van der Waals surface area contributed by atoms with E-state index in [1.165, 1.54) is 12.1 Å². The highest BCUT2D eigenvalue weighted by Gasteiger charge is 2.20. The molecule has 0 bridgehead atoms. The summed E-state index contributed by atoms with van der Waals surface area (Å²) in [5.41, 5.74) is 7.47. The monoisotopic (exact) mass is 296 g/mol. The van der Waals surface area contributed by atoms with Crippen LogP contribution in [0.25, 0.3) is 0 Å². The fourth-order valence-electron chi connectivity index (χ4n) is 2.40. The van der Waals surface area contributed by atoms with E-state index in [0.717, 1.165) is 24.3 Å². The predicted octanol–water partition coefficient (Wildman–Crippen LogP) is 1.10. The summed E-state index contributed by atoms with van der Waals surface area (Å²) < 4.78 is 23.7. The highest BCUT2D eigenvalue weighted by Crippen LogP contribution is 2.24. The minimum atomic E-state index is -0.786. The Hall–Kier alpha value is -1.66. The Morgan fingerprint density at radius 1 is 1.48 bits per heavy atom. The molecule has 5 nitrogen and oxygen atoms in total. The Labute approximate surface area is 123 Å². The lowest BCUT2D eigenvalue weighted by Crippen LogP contribution is -2.38. The van der Waals surface area contributed by atoms with Gasteiger partial charge in [0.25, 0.3) is 0 Å². The number of ether oxygens (including phenoxy) is 2. The third-order valence-electron chi connectivity index (χ3n) is 3.42. The van der Waals surface area contributed by atoms with E-state index in [1.54, 1.807) is 13.0 Å². The molecule has 1 aromatic rings. The van der Waals surface area contributed by atoms with Crippen molar-refractivity contribution >= 4 is 11.7 Å². The molecule has 0 aliphatic carbocycles. The van der Waals surface area contributed by atoms with Crippen LogP contribution < -0.4 is 10.6 Å². The van der Waals surface area contributed by atoms with Crippen LogP contribution in [0.15, 0.2) is 18.2 Å². The van der Waals surface area contributed by atoms with Crippen molar-refractivity contribution < 1.29 is 18.7 Å². The largest absolute Gasteiger partial charge is 0.465 e. The van der Waals surface area contributed by atoms with Crippen molar-refractivity contribution in [2.24, 2.45) is 5.73 Å². The number of halogens is 1. The molecule has 21 heavy (non-hydrogen) atoms. The van der Waals surface area contributed by atoms with Crippen LogP contribution in [0.2, 0.25) is 0 Å². The Morgan fingerprint density at radius 3 is 2.86 bits per heavy atom. The summed E-state index contributed by atoms with van der Waals surface area (Å²) in [6.07, 6.45) is 0.253. The third-order valence-corrected chi connectivity index (χ3v) is 3.42. The highest BCUT2D eigenvalue weighted by molar-refractivity contribution is 5.76. The smallest absolute Gasteiger partial charge is 0.323 e. The zero-order chi connectivity index (χ0) is 15.2. The summed E-state index contributed by atoms with van der Waals surface area (Å²) in [5, 5.41) is 0. The third kappa shape index (κ3) is 4.15. The first kappa shape index (κ1) is 15.7. The van der Waals surface area contributed by atoms with Crippen LogP contribution in [0.1, 0.15) is 12.5 Å². The Morgan fingerprint density at radius 2 is 2.19 bits per heavy atom. The highest BCUT2D eigenvalue weighted by atomic mass is 19.1. The molecule has 1 unspecified atom stereocenters. The number of carbonyl (C=O) groups is 1. The van der Waals surface area contributed by atoms with Crippen LogP contribution >= 0.6 is 0 Å². The van der Waals surface area contributed by atoms with Gasteiger partial charge in [0, 0.05) is 25.2 Å². The van der Waals surface area contributed by atoms with Crippen molar-refractivity contribution in [3.05, 3.63) is 29.6 Å². The van der Waals surface area contributed by atoms with Gasteiger partial charge in [-0.05, 0) is 30.7 Å². The number of carbonyl (C=O) groups excluding carboxylic acids is 1. The minimum absolute atomic E-state index is 0.253. The first-order valence-corrected chi connectivity index (χ1v) is 7.15. The zero-order valence-electron chi connectivity index (χ0n) is 12.2. The van der Waals surface area contributed by atoms with E-state index in [0.29, 0.717) is 13.2 Å². The molecule has 0 aromatic heterocycles. The number of morpholine rings is 1. The van der Waals surface area contributed by atoms with E-state index in [-0.39, 0.29) is 18.8 Å². The molecule has 1 saturated heterocycles. The molecule has 0 radical (unpaired) electrons. The maximum atomic E-state index is 13.5. The SMILES string of the molecule is CCOC(=O)C(N)Cc1cc(F)ccc1N1CCOCC1. The first-order valence-electron chi connectivity index (χ1n) is 7.15. The number of hydrogen-bond acceptors (Lipinski definition) is 5. The molecule has 1 aliphatic heterocycles. The molecule has 0 saturated carbocycles. The van der Waals surface area contributed by atoms with Crippen LogP contribution in [-0.2, 0) is 20.7 Å². The van der Waals surface area contributed by atoms with E-state index in [9.17, 15) is 9.18 Å². The summed E-state index contributed by atoms with van der Waals surface area (Å²) >= 11 is 0. The maximum absolute atomic E-state index is 13.5. The molecule has 0 amide bonds. The number of nitrogens with two attached hydrogens (primary N) is 1. The van der Waals surface area contributed by atoms with Gasteiger partial charge in [-0.3, -0.25) is 4.79 Å². The average Bonchev–Trinajstić information content (AvgIpc) is 2.48. The number of hydrogen-bond donors (Lipinski definition) is 1. The van der Waals surface area contributed by atoms with Gasteiger partial charge in [-0.1, -0.05) is 0 Å². The lowest BCUT2D eigenvalue weighted by atomic mass is 10.0. The first-order chi connectivity index (χ1) is 10.1. The maximum Gasteiger partial charge on any atom is 0.323 e.